The Morgan fingerprint density at radius 1 is 1.48 bits per heavy atom. The van der Waals surface area contributed by atoms with Crippen LogP contribution in [0.1, 0.15) is 19.8 Å². The highest BCUT2D eigenvalue weighted by Crippen LogP contribution is 2.47. The van der Waals surface area contributed by atoms with Gasteiger partial charge in [-0.15, -0.1) is 23.1 Å². The number of fused-ring (bicyclic) bond motifs is 1. The van der Waals surface area contributed by atoms with Crippen LogP contribution in [0.25, 0.3) is 11.3 Å². The zero-order valence-electron chi connectivity index (χ0n) is 14.8. The van der Waals surface area contributed by atoms with Gasteiger partial charge in [-0.3, -0.25) is 9.59 Å². The Morgan fingerprint density at radius 2 is 2.30 bits per heavy atom. The number of ether oxygens (including phenoxy) is 1. The summed E-state index contributed by atoms with van der Waals surface area (Å²) in [4.78, 5) is 30.7. The lowest BCUT2D eigenvalue weighted by Crippen LogP contribution is -2.48. The molecule has 2 aliphatic rings. The van der Waals surface area contributed by atoms with Crippen molar-refractivity contribution in [2.24, 2.45) is 0 Å². The first kappa shape index (κ1) is 18.2. The molecule has 0 spiro atoms. The van der Waals surface area contributed by atoms with Crippen molar-refractivity contribution in [1.82, 2.24) is 9.88 Å². The molecule has 0 radical (unpaired) electrons. The van der Waals surface area contributed by atoms with Gasteiger partial charge in [0.2, 0.25) is 11.8 Å². The highest BCUT2D eigenvalue weighted by atomic mass is 32.2. The van der Waals surface area contributed by atoms with Gasteiger partial charge in [-0.25, -0.2) is 9.37 Å². The number of amides is 2. The van der Waals surface area contributed by atoms with Gasteiger partial charge in [0, 0.05) is 23.1 Å². The van der Waals surface area contributed by atoms with E-state index < -0.39 is 11.9 Å². The SMILES string of the molecule is COc1ccc(-c2csc(NC(=O)[C@H]3CS[C@@]4(C)CCC(=O)N34)n2)cc1F. The molecule has 142 valence electrons. The van der Waals surface area contributed by atoms with Crippen LogP contribution in [-0.2, 0) is 9.59 Å². The van der Waals surface area contributed by atoms with E-state index >= 15 is 0 Å². The number of anilines is 1. The van der Waals surface area contributed by atoms with Gasteiger partial charge in [-0.1, -0.05) is 0 Å². The minimum absolute atomic E-state index is 0.0242. The van der Waals surface area contributed by atoms with Gasteiger partial charge in [0.1, 0.15) is 6.04 Å². The van der Waals surface area contributed by atoms with Crippen molar-refractivity contribution >= 4 is 40.0 Å². The second-order valence-corrected chi connectivity index (χ2v) is 9.00. The van der Waals surface area contributed by atoms with E-state index in [-0.39, 0.29) is 22.4 Å². The maximum absolute atomic E-state index is 13.9. The standard InChI is InChI=1S/C18H18FN3O3S2/c1-18-6-5-15(23)22(18)13(9-27-18)16(24)21-17-20-12(8-26-17)10-3-4-14(25-2)11(19)7-10/h3-4,7-8,13H,5-6,9H2,1-2H3,(H,20,21,24)/t13-,18+/m1/s1. The topological polar surface area (TPSA) is 71.5 Å². The zero-order valence-corrected chi connectivity index (χ0v) is 16.5. The van der Waals surface area contributed by atoms with Crippen LogP contribution in [-0.4, -0.2) is 45.5 Å². The van der Waals surface area contributed by atoms with Crippen molar-refractivity contribution in [2.45, 2.75) is 30.7 Å². The van der Waals surface area contributed by atoms with Gasteiger partial charge in [-0.2, -0.15) is 0 Å². The Labute approximate surface area is 164 Å². The molecular weight excluding hydrogens is 389 g/mol. The highest BCUT2D eigenvalue weighted by molar-refractivity contribution is 8.01. The Bertz CT molecular complexity index is 919. The van der Waals surface area contributed by atoms with Crippen LogP contribution < -0.4 is 10.1 Å². The van der Waals surface area contributed by atoms with E-state index in [1.54, 1.807) is 28.1 Å². The van der Waals surface area contributed by atoms with E-state index in [2.05, 4.69) is 10.3 Å². The van der Waals surface area contributed by atoms with Gasteiger partial charge in [0.25, 0.3) is 0 Å². The molecule has 27 heavy (non-hydrogen) atoms. The molecule has 2 atom stereocenters. The van der Waals surface area contributed by atoms with Gasteiger partial charge < -0.3 is 15.0 Å². The summed E-state index contributed by atoms with van der Waals surface area (Å²) >= 11 is 2.91. The van der Waals surface area contributed by atoms with Crippen LogP contribution in [0, 0.1) is 5.82 Å². The van der Waals surface area contributed by atoms with Crippen LogP contribution in [0.5, 0.6) is 5.75 Å². The maximum Gasteiger partial charge on any atom is 0.249 e. The molecule has 1 N–H and O–H groups in total. The summed E-state index contributed by atoms with van der Waals surface area (Å²) in [6.45, 7) is 2.01. The second-order valence-electron chi connectivity index (χ2n) is 6.64. The molecular formula is C18H18FN3O3S2. The Kier molecular flexibility index (Phi) is 4.59. The van der Waals surface area contributed by atoms with Crippen LogP contribution >= 0.6 is 23.1 Å². The number of nitrogens with one attached hydrogen (secondary N) is 1. The van der Waals surface area contributed by atoms with Gasteiger partial charge in [-0.05, 0) is 31.5 Å². The molecule has 2 aromatic rings. The predicted molar refractivity (Wildman–Crippen MR) is 103 cm³/mol. The summed E-state index contributed by atoms with van der Waals surface area (Å²) in [6.07, 6.45) is 1.25. The van der Waals surface area contributed by atoms with Crippen LogP contribution in [0.3, 0.4) is 0 Å². The summed E-state index contributed by atoms with van der Waals surface area (Å²) in [5.41, 5.74) is 1.17. The first-order valence-corrected chi connectivity index (χ1v) is 10.3. The Balaban J connectivity index is 1.49. The number of hydrogen-bond acceptors (Lipinski definition) is 6. The van der Waals surface area contributed by atoms with E-state index in [9.17, 15) is 14.0 Å². The van der Waals surface area contributed by atoms with Crippen molar-refractivity contribution in [3.8, 4) is 17.0 Å². The number of aromatic nitrogens is 1. The van der Waals surface area contributed by atoms with E-state index in [1.807, 2.05) is 6.92 Å². The van der Waals surface area contributed by atoms with Crippen LogP contribution in [0.4, 0.5) is 9.52 Å². The number of nitrogens with zero attached hydrogens (tertiary/aromatic N) is 2. The number of thioether (sulfide) groups is 1. The van der Waals surface area contributed by atoms with E-state index in [0.717, 1.165) is 6.42 Å². The maximum atomic E-state index is 13.9. The first-order chi connectivity index (χ1) is 12.9. The number of halogens is 1. The molecule has 2 saturated heterocycles. The molecule has 9 heteroatoms. The molecule has 0 aliphatic carbocycles. The molecule has 3 heterocycles. The first-order valence-electron chi connectivity index (χ1n) is 8.48. The van der Waals surface area contributed by atoms with Crippen molar-refractivity contribution in [3.63, 3.8) is 0 Å². The van der Waals surface area contributed by atoms with Gasteiger partial charge in [0.05, 0.1) is 17.7 Å². The molecule has 6 nitrogen and oxygen atoms in total. The molecule has 2 fully saturated rings. The lowest BCUT2D eigenvalue weighted by atomic mass is 10.1. The minimum atomic E-state index is -0.485. The predicted octanol–water partition coefficient (Wildman–Crippen LogP) is 3.35. The Morgan fingerprint density at radius 3 is 3.04 bits per heavy atom. The number of carbonyl (C=O) groups excluding carboxylic acids is 2. The third-order valence-corrected chi connectivity index (χ3v) is 7.19. The van der Waals surface area contributed by atoms with Gasteiger partial charge >= 0.3 is 0 Å². The number of methoxy groups -OCH3 is 1. The summed E-state index contributed by atoms with van der Waals surface area (Å²) in [7, 11) is 1.41. The molecule has 1 aromatic heterocycles. The average Bonchev–Trinajstić information content (AvgIpc) is 3.31. The Hall–Kier alpha value is -2.13. The normalized spacial score (nSPS) is 24.2. The lowest BCUT2D eigenvalue weighted by Gasteiger charge is -2.29. The average molecular weight is 407 g/mol. The summed E-state index contributed by atoms with van der Waals surface area (Å²) in [6, 6.07) is 4.12. The fourth-order valence-electron chi connectivity index (χ4n) is 3.49. The van der Waals surface area contributed by atoms with Crippen molar-refractivity contribution in [2.75, 3.05) is 18.2 Å². The number of carbonyl (C=O) groups is 2. The van der Waals surface area contributed by atoms with Crippen LogP contribution in [0.2, 0.25) is 0 Å². The van der Waals surface area contributed by atoms with E-state index in [1.165, 1.54) is 30.6 Å². The largest absolute Gasteiger partial charge is 0.494 e. The highest BCUT2D eigenvalue weighted by Gasteiger charge is 2.52. The molecule has 0 saturated carbocycles. The smallest absolute Gasteiger partial charge is 0.249 e. The quantitative estimate of drug-likeness (QED) is 0.842. The fraction of sp³-hybridized carbons (Fsp3) is 0.389. The lowest BCUT2D eigenvalue weighted by molar-refractivity contribution is -0.135. The van der Waals surface area contributed by atoms with Crippen molar-refractivity contribution in [3.05, 3.63) is 29.4 Å². The number of hydrogen-bond donors (Lipinski definition) is 1. The fourth-order valence-corrected chi connectivity index (χ4v) is 5.65. The summed E-state index contributed by atoms with van der Waals surface area (Å²) in [5, 5.41) is 4.99. The van der Waals surface area contributed by atoms with E-state index in [4.69, 9.17) is 4.74 Å². The molecule has 0 unspecified atom stereocenters. The summed E-state index contributed by atoms with van der Waals surface area (Å²) in [5.74, 6) is 0.0677. The minimum Gasteiger partial charge on any atom is -0.494 e. The number of benzene rings is 1. The van der Waals surface area contributed by atoms with Crippen molar-refractivity contribution in [1.29, 1.82) is 0 Å². The van der Waals surface area contributed by atoms with Crippen molar-refractivity contribution < 1.29 is 18.7 Å². The molecule has 2 amide bonds. The number of thiazole rings is 1. The van der Waals surface area contributed by atoms with E-state index in [0.29, 0.717) is 28.6 Å². The molecule has 0 bridgehead atoms. The molecule has 1 aromatic carbocycles. The molecule has 4 rings (SSSR count). The number of rotatable bonds is 4. The van der Waals surface area contributed by atoms with Crippen LogP contribution in [0.15, 0.2) is 23.6 Å². The summed E-state index contributed by atoms with van der Waals surface area (Å²) < 4.78 is 18.8. The third-order valence-electron chi connectivity index (χ3n) is 4.93. The second kappa shape index (κ2) is 6.79. The zero-order chi connectivity index (χ0) is 19.2. The van der Waals surface area contributed by atoms with Gasteiger partial charge in [0.15, 0.2) is 16.7 Å². The monoisotopic (exact) mass is 407 g/mol. The third kappa shape index (κ3) is 3.19. The molecule has 2 aliphatic heterocycles.